The van der Waals surface area contributed by atoms with Crippen LogP contribution in [0.15, 0.2) is 29.8 Å². The van der Waals surface area contributed by atoms with Gasteiger partial charge in [-0.15, -0.1) is 11.3 Å². The number of carbonyl (C=O) groups excluding carboxylic acids is 1. The summed E-state index contributed by atoms with van der Waals surface area (Å²) in [6.07, 6.45) is 2.29. The molecule has 0 fully saturated rings. The number of amides is 1. The van der Waals surface area contributed by atoms with Crippen molar-refractivity contribution in [2.75, 3.05) is 11.9 Å². The summed E-state index contributed by atoms with van der Waals surface area (Å²) in [6, 6.07) is 5.21. The summed E-state index contributed by atoms with van der Waals surface area (Å²) in [7, 11) is 0. The first-order chi connectivity index (χ1) is 9.72. The summed E-state index contributed by atoms with van der Waals surface area (Å²) in [4.78, 5) is 16.9. The van der Waals surface area contributed by atoms with Crippen molar-refractivity contribution >= 4 is 23.1 Å². The van der Waals surface area contributed by atoms with Crippen molar-refractivity contribution in [2.45, 2.75) is 19.9 Å². The first kappa shape index (κ1) is 14.5. The van der Waals surface area contributed by atoms with Crippen LogP contribution in [0.5, 0.6) is 0 Å². The molecule has 2 aromatic heterocycles. The minimum atomic E-state index is -0.607. The van der Waals surface area contributed by atoms with Crippen molar-refractivity contribution in [3.05, 3.63) is 46.0 Å². The molecule has 6 heteroatoms. The molecule has 0 aromatic carbocycles. The number of nitrogens with one attached hydrogen (secondary N) is 2. The highest BCUT2D eigenvalue weighted by molar-refractivity contribution is 7.09. The van der Waals surface area contributed by atoms with Crippen molar-refractivity contribution in [3.63, 3.8) is 0 Å². The second kappa shape index (κ2) is 7.00. The number of rotatable bonds is 6. The standard InChI is InChI=1S/C14H16FN3OS/c1-2-6-16-13-12(15)11(5-7-17-13)14(19)18-9-10-4-3-8-20-10/h3-5,7-8H,2,6,9H2,1H3,(H,16,17)(H,18,19). The van der Waals surface area contributed by atoms with Crippen LogP contribution in [0.25, 0.3) is 0 Å². The molecule has 20 heavy (non-hydrogen) atoms. The number of thiophene rings is 1. The van der Waals surface area contributed by atoms with Crippen molar-refractivity contribution in [1.82, 2.24) is 10.3 Å². The molecule has 106 valence electrons. The molecule has 1 amide bonds. The van der Waals surface area contributed by atoms with Gasteiger partial charge in [0.2, 0.25) is 0 Å². The Bertz CT molecular complexity index is 572. The number of aromatic nitrogens is 1. The molecule has 2 N–H and O–H groups in total. The molecule has 2 heterocycles. The Hall–Kier alpha value is -1.95. The number of hydrogen-bond acceptors (Lipinski definition) is 4. The highest BCUT2D eigenvalue weighted by Gasteiger charge is 2.15. The zero-order valence-corrected chi connectivity index (χ0v) is 12.0. The summed E-state index contributed by atoms with van der Waals surface area (Å²) in [5.41, 5.74) is 0.00941. The highest BCUT2D eigenvalue weighted by Crippen LogP contribution is 2.15. The lowest BCUT2D eigenvalue weighted by Crippen LogP contribution is -2.24. The molecule has 2 aromatic rings. The molecule has 0 radical (unpaired) electrons. The van der Waals surface area contributed by atoms with Gasteiger partial charge in [-0.3, -0.25) is 4.79 Å². The van der Waals surface area contributed by atoms with E-state index >= 15 is 0 Å². The van der Waals surface area contributed by atoms with Crippen LogP contribution in [-0.2, 0) is 6.54 Å². The summed E-state index contributed by atoms with van der Waals surface area (Å²) in [5, 5.41) is 7.50. The van der Waals surface area contributed by atoms with Gasteiger partial charge in [-0.2, -0.15) is 0 Å². The maximum atomic E-state index is 14.1. The van der Waals surface area contributed by atoms with E-state index in [1.54, 1.807) is 11.3 Å². The summed E-state index contributed by atoms with van der Waals surface area (Å²) < 4.78 is 14.1. The van der Waals surface area contributed by atoms with Gasteiger partial charge in [-0.1, -0.05) is 13.0 Å². The van der Waals surface area contributed by atoms with E-state index in [0.717, 1.165) is 11.3 Å². The lowest BCUT2D eigenvalue weighted by molar-refractivity contribution is 0.0947. The molecular formula is C14H16FN3OS. The number of pyridine rings is 1. The fourth-order valence-electron chi connectivity index (χ4n) is 1.66. The van der Waals surface area contributed by atoms with E-state index in [0.29, 0.717) is 13.1 Å². The second-order valence-electron chi connectivity index (χ2n) is 4.21. The van der Waals surface area contributed by atoms with Crippen LogP contribution in [0, 0.1) is 5.82 Å². The SMILES string of the molecule is CCCNc1nccc(C(=O)NCc2cccs2)c1F. The van der Waals surface area contributed by atoms with E-state index < -0.39 is 11.7 Å². The molecule has 0 atom stereocenters. The molecule has 0 aliphatic carbocycles. The third-order valence-electron chi connectivity index (χ3n) is 2.68. The molecule has 4 nitrogen and oxygen atoms in total. The Morgan fingerprint density at radius 2 is 2.30 bits per heavy atom. The van der Waals surface area contributed by atoms with Gasteiger partial charge >= 0.3 is 0 Å². The third-order valence-corrected chi connectivity index (χ3v) is 3.56. The van der Waals surface area contributed by atoms with Gasteiger partial charge in [-0.05, 0) is 23.9 Å². The first-order valence-corrected chi connectivity index (χ1v) is 7.29. The van der Waals surface area contributed by atoms with Crippen LogP contribution in [0.1, 0.15) is 28.6 Å². The first-order valence-electron chi connectivity index (χ1n) is 6.41. The van der Waals surface area contributed by atoms with Crippen LogP contribution in [0.3, 0.4) is 0 Å². The molecule has 0 bridgehead atoms. The molecule has 0 spiro atoms. The summed E-state index contributed by atoms with van der Waals surface area (Å²) in [5.74, 6) is -0.918. The number of hydrogen-bond donors (Lipinski definition) is 2. The van der Waals surface area contributed by atoms with Crippen molar-refractivity contribution in [3.8, 4) is 0 Å². The summed E-state index contributed by atoms with van der Waals surface area (Å²) in [6.45, 7) is 2.99. The van der Waals surface area contributed by atoms with E-state index in [1.807, 2.05) is 24.4 Å². The monoisotopic (exact) mass is 293 g/mol. The maximum Gasteiger partial charge on any atom is 0.254 e. The number of anilines is 1. The van der Waals surface area contributed by atoms with E-state index in [9.17, 15) is 9.18 Å². The van der Waals surface area contributed by atoms with Crippen LogP contribution < -0.4 is 10.6 Å². The van der Waals surface area contributed by atoms with Gasteiger partial charge in [0.1, 0.15) is 0 Å². The molecule has 0 aliphatic heterocycles. The Morgan fingerprint density at radius 1 is 1.45 bits per heavy atom. The topological polar surface area (TPSA) is 54.0 Å². The zero-order valence-electron chi connectivity index (χ0n) is 11.1. The minimum absolute atomic E-state index is 0.00941. The molecular weight excluding hydrogens is 277 g/mol. The van der Waals surface area contributed by atoms with Crippen molar-refractivity contribution in [2.24, 2.45) is 0 Å². The number of halogens is 1. The fourth-order valence-corrected chi connectivity index (χ4v) is 2.31. The average molecular weight is 293 g/mol. The van der Waals surface area contributed by atoms with Gasteiger partial charge in [0.25, 0.3) is 5.91 Å². The lowest BCUT2D eigenvalue weighted by Gasteiger charge is -2.09. The van der Waals surface area contributed by atoms with Crippen LogP contribution in [-0.4, -0.2) is 17.4 Å². The Balaban J connectivity index is 2.05. The van der Waals surface area contributed by atoms with Gasteiger partial charge in [0.15, 0.2) is 11.6 Å². The number of carbonyl (C=O) groups is 1. The summed E-state index contributed by atoms with van der Waals surface area (Å²) >= 11 is 1.55. The van der Waals surface area contributed by atoms with E-state index in [-0.39, 0.29) is 11.4 Å². The largest absolute Gasteiger partial charge is 0.368 e. The molecule has 0 saturated heterocycles. The fraction of sp³-hybridized carbons (Fsp3) is 0.286. The van der Waals surface area contributed by atoms with Crippen LogP contribution in [0.4, 0.5) is 10.2 Å². The molecule has 2 rings (SSSR count). The third kappa shape index (κ3) is 3.54. The predicted molar refractivity (Wildman–Crippen MR) is 78.5 cm³/mol. The van der Waals surface area contributed by atoms with Crippen LogP contribution >= 0.6 is 11.3 Å². The van der Waals surface area contributed by atoms with Crippen LogP contribution in [0.2, 0.25) is 0 Å². The maximum absolute atomic E-state index is 14.1. The normalized spacial score (nSPS) is 10.3. The van der Waals surface area contributed by atoms with Crippen molar-refractivity contribution in [1.29, 1.82) is 0 Å². The molecule has 0 saturated carbocycles. The predicted octanol–water partition coefficient (Wildman–Crippen LogP) is 3.03. The zero-order chi connectivity index (χ0) is 14.4. The molecule has 0 aliphatic rings. The minimum Gasteiger partial charge on any atom is -0.368 e. The Morgan fingerprint density at radius 3 is 3.00 bits per heavy atom. The average Bonchev–Trinajstić information content (AvgIpc) is 2.97. The van der Waals surface area contributed by atoms with Gasteiger partial charge < -0.3 is 10.6 Å². The van der Waals surface area contributed by atoms with Crippen molar-refractivity contribution < 1.29 is 9.18 Å². The van der Waals surface area contributed by atoms with Gasteiger partial charge in [-0.25, -0.2) is 9.37 Å². The molecule has 0 unspecified atom stereocenters. The lowest BCUT2D eigenvalue weighted by atomic mass is 10.2. The number of nitrogens with zero attached hydrogens (tertiary/aromatic N) is 1. The Labute approximate surface area is 121 Å². The van der Waals surface area contributed by atoms with Gasteiger partial charge in [0, 0.05) is 17.6 Å². The smallest absolute Gasteiger partial charge is 0.254 e. The highest BCUT2D eigenvalue weighted by atomic mass is 32.1. The Kier molecular flexibility index (Phi) is 5.06. The van der Waals surface area contributed by atoms with E-state index in [2.05, 4.69) is 15.6 Å². The van der Waals surface area contributed by atoms with E-state index in [4.69, 9.17) is 0 Å². The quantitative estimate of drug-likeness (QED) is 0.860. The van der Waals surface area contributed by atoms with E-state index in [1.165, 1.54) is 12.3 Å². The van der Waals surface area contributed by atoms with Gasteiger partial charge in [0.05, 0.1) is 12.1 Å². The second-order valence-corrected chi connectivity index (χ2v) is 5.24.